The van der Waals surface area contributed by atoms with Gasteiger partial charge in [0.2, 0.25) is 5.89 Å². The van der Waals surface area contributed by atoms with Crippen LogP contribution in [0.1, 0.15) is 48.5 Å². The van der Waals surface area contributed by atoms with Gasteiger partial charge >= 0.3 is 0 Å². The van der Waals surface area contributed by atoms with Crippen LogP contribution in [0.4, 0.5) is 0 Å². The molecule has 2 heterocycles. The van der Waals surface area contributed by atoms with Crippen molar-refractivity contribution in [2.24, 2.45) is 0 Å². The van der Waals surface area contributed by atoms with Gasteiger partial charge in [-0.25, -0.2) is 4.98 Å². The van der Waals surface area contributed by atoms with Crippen LogP contribution in [-0.4, -0.2) is 31.7 Å². The van der Waals surface area contributed by atoms with Gasteiger partial charge in [-0.3, -0.25) is 9.36 Å². The Kier molecular flexibility index (Phi) is 6.53. The molecule has 1 aliphatic carbocycles. The van der Waals surface area contributed by atoms with E-state index in [4.69, 9.17) is 4.42 Å². The summed E-state index contributed by atoms with van der Waals surface area (Å²) in [6.45, 7) is 0. The van der Waals surface area contributed by atoms with Crippen LogP contribution in [0.15, 0.2) is 76.5 Å². The number of carbonyl (C=O) groups is 1. The third-order valence-electron chi connectivity index (χ3n) is 5.73. The first kappa shape index (κ1) is 21.5. The van der Waals surface area contributed by atoms with Crippen LogP contribution in [0, 0.1) is 0 Å². The first-order valence-corrected chi connectivity index (χ1v) is 12.2. The maximum atomic E-state index is 12.5. The van der Waals surface area contributed by atoms with Crippen molar-refractivity contribution in [2.75, 3.05) is 0 Å². The Labute approximate surface area is 196 Å². The molecule has 1 saturated carbocycles. The van der Waals surface area contributed by atoms with E-state index in [2.05, 4.69) is 20.5 Å². The van der Waals surface area contributed by atoms with Crippen molar-refractivity contribution in [1.82, 2.24) is 25.1 Å². The van der Waals surface area contributed by atoms with E-state index in [0.29, 0.717) is 17.3 Å². The number of oxazole rings is 1. The fourth-order valence-electron chi connectivity index (χ4n) is 4.06. The van der Waals surface area contributed by atoms with Gasteiger partial charge in [-0.15, -0.1) is 10.2 Å². The van der Waals surface area contributed by atoms with Gasteiger partial charge in [-0.1, -0.05) is 79.6 Å². The van der Waals surface area contributed by atoms with Crippen LogP contribution in [-0.2, 0) is 5.75 Å². The SMILES string of the molecule is O=C(NC1CCCCC1)c1coc(CSc2nnc(-c3ccccc3)n2-c2ccccc2)n1. The Balaban J connectivity index is 1.32. The lowest BCUT2D eigenvalue weighted by Crippen LogP contribution is -2.36. The average Bonchev–Trinajstić information content (AvgIpc) is 3.52. The minimum Gasteiger partial charge on any atom is -0.447 e. The lowest BCUT2D eigenvalue weighted by Gasteiger charge is -2.22. The number of thioether (sulfide) groups is 1. The molecule has 168 valence electrons. The molecule has 8 heteroatoms. The summed E-state index contributed by atoms with van der Waals surface area (Å²) >= 11 is 1.47. The third-order valence-corrected chi connectivity index (χ3v) is 6.64. The number of carbonyl (C=O) groups excluding carboxylic acids is 1. The molecule has 2 aromatic heterocycles. The molecule has 0 aliphatic heterocycles. The summed E-state index contributed by atoms with van der Waals surface area (Å²) in [6, 6.07) is 20.2. The number of aromatic nitrogens is 4. The van der Waals surface area contributed by atoms with E-state index in [1.807, 2.05) is 65.2 Å². The van der Waals surface area contributed by atoms with E-state index in [1.54, 1.807) is 0 Å². The van der Waals surface area contributed by atoms with Gasteiger partial charge in [0.05, 0.1) is 5.75 Å². The maximum Gasteiger partial charge on any atom is 0.273 e. The molecule has 1 aliphatic rings. The van der Waals surface area contributed by atoms with Crippen LogP contribution in [0.5, 0.6) is 0 Å². The average molecular weight is 460 g/mol. The summed E-state index contributed by atoms with van der Waals surface area (Å²) in [5.74, 6) is 1.53. The number of hydrogen-bond donors (Lipinski definition) is 1. The molecule has 7 nitrogen and oxygen atoms in total. The van der Waals surface area contributed by atoms with Crippen molar-refractivity contribution < 1.29 is 9.21 Å². The quantitative estimate of drug-likeness (QED) is 0.379. The molecule has 4 aromatic rings. The Morgan fingerprint density at radius 3 is 2.48 bits per heavy atom. The van der Waals surface area contributed by atoms with Crippen LogP contribution < -0.4 is 5.32 Å². The Morgan fingerprint density at radius 2 is 1.73 bits per heavy atom. The fraction of sp³-hybridized carbons (Fsp3) is 0.280. The van der Waals surface area contributed by atoms with Gasteiger partial charge in [0.25, 0.3) is 5.91 Å². The topological polar surface area (TPSA) is 85.8 Å². The molecule has 2 aromatic carbocycles. The van der Waals surface area contributed by atoms with Gasteiger partial charge in [0, 0.05) is 17.3 Å². The first-order chi connectivity index (χ1) is 16.3. The summed E-state index contributed by atoms with van der Waals surface area (Å²) in [6.07, 6.45) is 7.08. The smallest absolute Gasteiger partial charge is 0.273 e. The van der Waals surface area contributed by atoms with Crippen molar-refractivity contribution in [2.45, 2.75) is 49.1 Å². The van der Waals surface area contributed by atoms with Crippen molar-refractivity contribution >= 4 is 17.7 Å². The molecule has 5 rings (SSSR count). The summed E-state index contributed by atoms with van der Waals surface area (Å²) in [7, 11) is 0. The van der Waals surface area contributed by atoms with Crippen molar-refractivity contribution in [3.05, 3.63) is 78.5 Å². The van der Waals surface area contributed by atoms with E-state index in [-0.39, 0.29) is 11.9 Å². The molecule has 1 amide bonds. The number of hydrogen-bond acceptors (Lipinski definition) is 6. The molecule has 0 atom stereocenters. The number of rotatable bonds is 7. The standard InChI is InChI=1S/C25H25N5O2S/c31-24(26-19-12-6-2-7-13-19)21-16-32-22(27-21)17-33-25-29-28-23(18-10-4-1-5-11-18)30(25)20-14-8-3-9-15-20/h1,3-5,8-11,14-16,19H,2,6-7,12-13,17H2,(H,26,31). The molecule has 0 unspecified atom stereocenters. The van der Waals surface area contributed by atoms with Crippen molar-refractivity contribution in [3.63, 3.8) is 0 Å². The molecule has 0 bridgehead atoms. The lowest BCUT2D eigenvalue weighted by atomic mass is 9.95. The monoisotopic (exact) mass is 459 g/mol. The normalized spacial score (nSPS) is 14.3. The van der Waals surface area contributed by atoms with E-state index in [0.717, 1.165) is 35.1 Å². The number of nitrogens with zero attached hydrogens (tertiary/aromatic N) is 4. The molecule has 0 radical (unpaired) electrons. The highest BCUT2D eigenvalue weighted by molar-refractivity contribution is 7.98. The minimum absolute atomic E-state index is 0.166. The van der Waals surface area contributed by atoms with E-state index < -0.39 is 0 Å². The number of nitrogens with one attached hydrogen (secondary N) is 1. The van der Waals surface area contributed by atoms with E-state index >= 15 is 0 Å². The zero-order chi connectivity index (χ0) is 22.5. The van der Waals surface area contributed by atoms with Gasteiger partial charge in [-0.05, 0) is 25.0 Å². The molecular formula is C25H25N5O2S. The molecule has 0 spiro atoms. The summed E-state index contributed by atoms with van der Waals surface area (Å²) in [4.78, 5) is 16.9. The second kappa shape index (κ2) is 10.0. The zero-order valence-corrected chi connectivity index (χ0v) is 19.0. The van der Waals surface area contributed by atoms with Gasteiger partial charge < -0.3 is 9.73 Å². The van der Waals surface area contributed by atoms with Crippen molar-refractivity contribution in [1.29, 1.82) is 0 Å². The van der Waals surface area contributed by atoms with Gasteiger partial charge in [-0.2, -0.15) is 0 Å². The second-order valence-electron chi connectivity index (χ2n) is 8.07. The number of amides is 1. The van der Waals surface area contributed by atoms with E-state index in [1.165, 1.54) is 37.3 Å². The van der Waals surface area contributed by atoms with Crippen LogP contribution in [0.2, 0.25) is 0 Å². The molecule has 1 N–H and O–H groups in total. The first-order valence-electron chi connectivity index (χ1n) is 11.2. The second-order valence-corrected chi connectivity index (χ2v) is 9.01. The highest BCUT2D eigenvalue weighted by Gasteiger charge is 2.20. The van der Waals surface area contributed by atoms with E-state index in [9.17, 15) is 4.79 Å². The third kappa shape index (κ3) is 5.01. The Morgan fingerprint density at radius 1 is 1.00 bits per heavy atom. The maximum absolute atomic E-state index is 12.5. The molecule has 0 saturated heterocycles. The predicted molar refractivity (Wildman–Crippen MR) is 127 cm³/mol. The summed E-state index contributed by atoms with van der Waals surface area (Å²) < 4.78 is 7.61. The molecule has 1 fully saturated rings. The number of benzene rings is 2. The minimum atomic E-state index is -0.166. The lowest BCUT2D eigenvalue weighted by molar-refractivity contribution is 0.0922. The largest absolute Gasteiger partial charge is 0.447 e. The van der Waals surface area contributed by atoms with Crippen molar-refractivity contribution in [3.8, 4) is 17.1 Å². The van der Waals surface area contributed by atoms with Crippen LogP contribution in [0.25, 0.3) is 17.1 Å². The summed E-state index contributed by atoms with van der Waals surface area (Å²) in [5.41, 5.74) is 2.29. The zero-order valence-electron chi connectivity index (χ0n) is 18.2. The fourth-order valence-corrected chi connectivity index (χ4v) is 4.87. The van der Waals surface area contributed by atoms with Gasteiger partial charge in [0.1, 0.15) is 6.26 Å². The molecule has 33 heavy (non-hydrogen) atoms. The van der Waals surface area contributed by atoms with Crippen LogP contribution >= 0.6 is 11.8 Å². The Hall–Kier alpha value is -3.39. The molecular weight excluding hydrogens is 434 g/mol. The number of para-hydroxylation sites is 1. The predicted octanol–water partition coefficient (Wildman–Crippen LogP) is 5.28. The highest BCUT2D eigenvalue weighted by atomic mass is 32.2. The summed E-state index contributed by atoms with van der Waals surface area (Å²) in [5, 5.41) is 12.7. The van der Waals surface area contributed by atoms with Gasteiger partial charge in [0.15, 0.2) is 16.7 Å². The van der Waals surface area contributed by atoms with Crippen LogP contribution in [0.3, 0.4) is 0 Å². The Bertz CT molecular complexity index is 1200. The highest BCUT2D eigenvalue weighted by Crippen LogP contribution is 2.29.